The van der Waals surface area contributed by atoms with Gasteiger partial charge in [0.15, 0.2) is 0 Å². The van der Waals surface area contributed by atoms with Crippen LogP contribution in [0.3, 0.4) is 0 Å². The summed E-state index contributed by atoms with van der Waals surface area (Å²) in [7, 11) is 0. The maximum absolute atomic E-state index is 5.97. The van der Waals surface area contributed by atoms with E-state index in [-0.39, 0.29) is 0 Å². The predicted octanol–water partition coefficient (Wildman–Crippen LogP) is 1.19. The molecular formula is C13H20N4. The summed E-state index contributed by atoms with van der Waals surface area (Å²) >= 11 is 0. The molecule has 1 saturated heterocycles. The van der Waals surface area contributed by atoms with Crippen molar-refractivity contribution in [3.63, 3.8) is 0 Å². The lowest BCUT2D eigenvalue weighted by Gasteiger charge is -2.35. The van der Waals surface area contributed by atoms with E-state index in [2.05, 4.69) is 27.8 Å². The first kappa shape index (κ1) is 12.1. The molecule has 1 aliphatic rings. The average Bonchev–Trinajstić information content (AvgIpc) is 2.38. The van der Waals surface area contributed by atoms with Crippen molar-refractivity contribution in [3.05, 3.63) is 36.5 Å². The van der Waals surface area contributed by atoms with Crippen molar-refractivity contribution in [1.29, 1.82) is 0 Å². The van der Waals surface area contributed by atoms with Gasteiger partial charge in [-0.1, -0.05) is 12.1 Å². The predicted molar refractivity (Wildman–Crippen MR) is 70.6 cm³/mol. The number of pyridine rings is 1. The van der Waals surface area contributed by atoms with Crippen molar-refractivity contribution < 1.29 is 0 Å². The molecule has 0 saturated carbocycles. The van der Waals surface area contributed by atoms with E-state index in [1.807, 2.05) is 12.1 Å². The second-order valence-corrected chi connectivity index (χ2v) is 4.30. The zero-order valence-corrected chi connectivity index (χ0v) is 10.1. The molecule has 1 aliphatic heterocycles. The van der Waals surface area contributed by atoms with Gasteiger partial charge < -0.3 is 11.1 Å². The molecule has 1 aromatic rings. The van der Waals surface area contributed by atoms with Crippen LogP contribution in [0.4, 0.5) is 5.82 Å². The van der Waals surface area contributed by atoms with Crippen molar-refractivity contribution >= 4 is 5.82 Å². The van der Waals surface area contributed by atoms with Crippen molar-refractivity contribution in [1.82, 2.24) is 15.2 Å². The summed E-state index contributed by atoms with van der Waals surface area (Å²) in [6, 6.07) is 4.32. The van der Waals surface area contributed by atoms with Gasteiger partial charge >= 0.3 is 0 Å². The average molecular weight is 232 g/mol. The van der Waals surface area contributed by atoms with Crippen LogP contribution in [0.15, 0.2) is 31.0 Å². The van der Waals surface area contributed by atoms with Gasteiger partial charge in [0.25, 0.3) is 0 Å². The van der Waals surface area contributed by atoms with E-state index in [0.29, 0.717) is 11.9 Å². The van der Waals surface area contributed by atoms with E-state index in [4.69, 9.17) is 5.73 Å². The molecule has 0 amide bonds. The lowest BCUT2D eigenvalue weighted by atomic mass is 10.0. The Kier molecular flexibility index (Phi) is 4.12. The van der Waals surface area contributed by atoms with Gasteiger partial charge in [-0.05, 0) is 12.5 Å². The minimum Gasteiger partial charge on any atom is -0.383 e. The minimum absolute atomic E-state index is 0.309. The van der Waals surface area contributed by atoms with Crippen LogP contribution in [-0.4, -0.2) is 36.1 Å². The van der Waals surface area contributed by atoms with Crippen molar-refractivity contribution in [3.8, 4) is 0 Å². The van der Waals surface area contributed by atoms with E-state index < -0.39 is 0 Å². The Hall–Kier alpha value is -1.39. The molecule has 0 aliphatic carbocycles. The topological polar surface area (TPSA) is 54.2 Å². The highest BCUT2D eigenvalue weighted by Gasteiger charge is 2.22. The van der Waals surface area contributed by atoms with Crippen molar-refractivity contribution in [2.24, 2.45) is 0 Å². The van der Waals surface area contributed by atoms with Gasteiger partial charge in [-0.3, -0.25) is 4.90 Å². The lowest BCUT2D eigenvalue weighted by Crippen LogP contribution is -2.45. The Labute approximate surface area is 103 Å². The maximum Gasteiger partial charge on any atom is 0.128 e. The molecule has 2 heterocycles. The summed E-state index contributed by atoms with van der Waals surface area (Å²) in [5, 5.41) is 3.36. The smallest absolute Gasteiger partial charge is 0.128 e. The number of nitrogens with one attached hydrogen (secondary N) is 1. The van der Waals surface area contributed by atoms with Gasteiger partial charge in [0.2, 0.25) is 0 Å². The molecular weight excluding hydrogens is 212 g/mol. The molecule has 1 aromatic heterocycles. The zero-order valence-electron chi connectivity index (χ0n) is 10.1. The third-order valence-corrected chi connectivity index (χ3v) is 3.21. The summed E-state index contributed by atoms with van der Waals surface area (Å²) in [4.78, 5) is 6.63. The van der Waals surface area contributed by atoms with Gasteiger partial charge in [-0.2, -0.15) is 0 Å². The number of hydrogen-bond donors (Lipinski definition) is 2. The molecule has 0 bridgehead atoms. The number of aromatic nitrogens is 1. The third-order valence-electron chi connectivity index (χ3n) is 3.21. The monoisotopic (exact) mass is 232 g/mol. The fourth-order valence-electron chi connectivity index (χ4n) is 2.34. The maximum atomic E-state index is 5.97. The van der Waals surface area contributed by atoms with E-state index in [1.54, 1.807) is 6.20 Å². The molecule has 92 valence electrons. The molecule has 0 spiro atoms. The summed E-state index contributed by atoms with van der Waals surface area (Å²) in [6.07, 6.45) is 4.61. The first-order valence-corrected chi connectivity index (χ1v) is 6.09. The number of hydrogen-bond acceptors (Lipinski definition) is 4. The molecule has 4 heteroatoms. The molecule has 1 atom stereocenters. The Morgan fingerprint density at radius 3 is 2.94 bits per heavy atom. The second-order valence-electron chi connectivity index (χ2n) is 4.30. The van der Waals surface area contributed by atoms with Gasteiger partial charge in [0.05, 0.1) is 0 Å². The SMILES string of the molecule is C=CC[C@H](c1cccnc1N)N1CCNCC1. The van der Waals surface area contributed by atoms with Crippen LogP contribution in [0.1, 0.15) is 18.0 Å². The fourth-order valence-corrected chi connectivity index (χ4v) is 2.34. The van der Waals surface area contributed by atoms with Crippen LogP contribution >= 0.6 is 0 Å². The summed E-state index contributed by atoms with van der Waals surface area (Å²) in [6.45, 7) is 8.01. The summed E-state index contributed by atoms with van der Waals surface area (Å²) in [5.41, 5.74) is 7.09. The van der Waals surface area contributed by atoms with Crippen LogP contribution in [0, 0.1) is 0 Å². The standard InChI is InChI=1S/C13H20N4/c1-2-4-12(17-9-7-15-8-10-17)11-5-3-6-16-13(11)14/h2-3,5-6,12,15H,1,4,7-10H2,(H2,14,16)/t12-/m1/s1. The summed E-state index contributed by atoms with van der Waals surface area (Å²) in [5.74, 6) is 0.637. The highest BCUT2D eigenvalue weighted by atomic mass is 15.2. The Balaban J connectivity index is 2.21. The molecule has 4 nitrogen and oxygen atoms in total. The van der Waals surface area contributed by atoms with E-state index in [0.717, 1.165) is 38.2 Å². The number of nitrogens with two attached hydrogens (primary N) is 1. The lowest BCUT2D eigenvalue weighted by molar-refractivity contribution is 0.175. The first-order chi connectivity index (χ1) is 8.33. The molecule has 1 fully saturated rings. The van der Waals surface area contributed by atoms with Gasteiger partial charge in [0, 0.05) is 44.0 Å². The Bertz CT molecular complexity index is 371. The van der Waals surface area contributed by atoms with Crippen LogP contribution in [0.25, 0.3) is 0 Å². The molecule has 0 unspecified atom stereocenters. The van der Waals surface area contributed by atoms with Crippen LogP contribution in [0.2, 0.25) is 0 Å². The minimum atomic E-state index is 0.309. The first-order valence-electron chi connectivity index (χ1n) is 6.09. The third kappa shape index (κ3) is 2.84. The van der Waals surface area contributed by atoms with Crippen molar-refractivity contribution in [2.45, 2.75) is 12.5 Å². The fraction of sp³-hybridized carbons (Fsp3) is 0.462. The van der Waals surface area contributed by atoms with Crippen LogP contribution in [0.5, 0.6) is 0 Å². The van der Waals surface area contributed by atoms with E-state index >= 15 is 0 Å². The summed E-state index contributed by atoms with van der Waals surface area (Å²) < 4.78 is 0. The van der Waals surface area contributed by atoms with Gasteiger partial charge in [0.1, 0.15) is 5.82 Å². The molecule has 2 rings (SSSR count). The number of nitrogen functional groups attached to an aromatic ring is 1. The Morgan fingerprint density at radius 2 is 2.29 bits per heavy atom. The second kappa shape index (κ2) is 5.80. The van der Waals surface area contributed by atoms with Crippen LogP contribution in [-0.2, 0) is 0 Å². The highest BCUT2D eigenvalue weighted by Crippen LogP contribution is 2.27. The molecule has 0 radical (unpaired) electrons. The van der Waals surface area contributed by atoms with E-state index in [9.17, 15) is 0 Å². The van der Waals surface area contributed by atoms with Gasteiger partial charge in [-0.25, -0.2) is 4.98 Å². The van der Waals surface area contributed by atoms with Gasteiger partial charge in [-0.15, -0.1) is 6.58 Å². The zero-order chi connectivity index (χ0) is 12.1. The molecule has 3 N–H and O–H groups in total. The number of piperazine rings is 1. The number of nitrogens with zero attached hydrogens (tertiary/aromatic N) is 2. The van der Waals surface area contributed by atoms with Crippen LogP contribution < -0.4 is 11.1 Å². The normalized spacial score (nSPS) is 18.8. The molecule has 17 heavy (non-hydrogen) atoms. The highest BCUT2D eigenvalue weighted by molar-refractivity contribution is 5.41. The van der Waals surface area contributed by atoms with E-state index in [1.165, 1.54) is 0 Å². The Morgan fingerprint density at radius 1 is 1.53 bits per heavy atom. The van der Waals surface area contributed by atoms with Crippen molar-refractivity contribution in [2.75, 3.05) is 31.9 Å². The molecule has 0 aromatic carbocycles. The number of anilines is 1. The largest absolute Gasteiger partial charge is 0.383 e. The number of rotatable bonds is 4. The quantitative estimate of drug-likeness (QED) is 0.766.